The van der Waals surface area contributed by atoms with E-state index in [4.69, 9.17) is 0 Å². The molecule has 0 atom stereocenters. The molecule has 0 heterocycles. The summed E-state index contributed by atoms with van der Waals surface area (Å²) in [5, 5.41) is 4.94. The molecular weight excluding hydrogens is 723 g/mol. The van der Waals surface area contributed by atoms with Gasteiger partial charge >= 0.3 is 0 Å². The Morgan fingerprint density at radius 1 is 0.333 bits per heavy atom. The number of rotatable bonds is 7. The highest BCUT2D eigenvalue weighted by Gasteiger charge is 2.37. The van der Waals surface area contributed by atoms with E-state index >= 15 is 0 Å². The van der Waals surface area contributed by atoms with Crippen LogP contribution < -0.4 is 4.90 Å². The Bertz CT molecular complexity index is 3230. The van der Waals surface area contributed by atoms with E-state index in [1.54, 1.807) is 0 Å². The van der Waals surface area contributed by atoms with Gasteiger partial charge in [-0.25, -0.2) is 0 Å². The molecule has 0 saturated heterocycles. The van der Waals surface area contributed by atoms with Crippen molar-refractivity contribution < 1.29 is 0 Å². The Hall–Kier alpha value is -7.48. The van der Waals surface area contributed by atoms with Gasteiger partial charge < -0.3 is 4.90 Å². The molecule has 0 amide bonds. The molecule has 284 valence electrons. The molecule has 10 aromatic carbocycles. The molecule has 0 spiro atoms. The molecule has 1 nitrogen and oxygen atoms in total. The fraction of sp³-hybridized carbons (Fsp3) is 0.0508. The number of benzene rings is 10. The van der Waals surface area contributed by atoms with Crippen LogP contribution in [-0.2, 0) is 5.41 Å². The van der Waals surface area contributed by atoms with E-state index in [0.29, 0.717) is 0 Å². The van der Waals surface area contributed by atoms with Crippen molar-refractivity contribution >= 4 is 38.6 Å². The third-order valence-electron chi connectivity index (χ3n) is 12.7. The van der Waals surface area contributed by atoms with E-state index in [2.05, 4.69) is 243 Å². The first-order valence-corrected chi connectivity index (χ1v) is 20.9. The van der Waals surface area contributed by atoms with Crippen LogP contribution in [0.1, 0.15) is 25.0 Å². The van der Waals surface area contributed by atoms with Crippen molar-refractivity contribution in [2.75, 3.05) is 4.90 Å². The second-order valence-corrected chi connectivity index (χ2v) is 16.4. The number of nitrogens with zero attached hydrogens (tertiary/aromatic N) is 1. The van der Waals surface area contributed by atoms with E-state index in [1.165, 1.54) is 88.3 Å². The second-order valence-electron chi connectivity index (χ2n) is 16.4. The van der Waals surface area contributed by atoms with Crippen molar-refractivity contribution in [3.63, 3.8) is 0 Å². The van der Waals surface area contributed by atoms with Crippen LogP contribution >= 0.6 is 0 Å². The average molecular weight is 766 g/mol. The van der Waals surface area contributed by atoms with Crippen molar-refractivity contribution in [3.05, 3.63) is 236 Å². The van der Waals surface area contributed by atoms with E-state index in [9.17, 15) is 0 Å². The van der Waals surface area contributed by atoms with Gasteiger partial charge in [-0.15, -0.1) is 0 Å². The predicted octanol–water partition coefficient (Wildman–Crippen LogP) is 16.4. The highest BCUT2D eigenvalue weighted by Crippen LogP contribution is 2.54. The monoisotopic (exact) mass is 765 g/mol. The fourth-order valence-electron chi connectivity index (χ4n) is 9.89. The highest BCUT2D eigenvalue weighted by atomic mass is 15.1. The van der Waals surface area contributed by atoms with Crippen LogP contribution in [0.25, 0.3) is 77.2 Å². The van der Waals surface area contributed by atoms with Crippen LogP contribution in [0.3, 0.4) is 0 Å². The van der Waals surface area contributed by atoms with Gasteiger partial charge in [-0.3, -0.25) is 0 Å². The number of para-hydroxylation sites is 2. The summed E-state index contributed by atoms with van der Waals surface area (Å²) in [6, 6.07) is 82.5. The second kappa shape index (κ2) is 14.4. The zero-order valence-electron chi connectivity index (χ0n) is 33.8. The van der Waals surface area contributed by atoms with Crippen LogP contribution in [-0.4, -0.2) is 0 Å². The number of fused-ring (bicyclic) bond motifs is 5. The molecular formula is C59H43N. The van der Waals surface area contributed by atoms with Crippen molar-refractivity contribution in [1.29, 1.82) is 0 Å². The first-order valence-electron chi connectivity index (χ1n) is 20.9. The lowest BCUT2D eigenvalue weighted by Gasteiger charge is -2.31. The number of anilines is 3. The Balaban J connectivity index is 1.19. The van der Waals surface area contributed by atoms with Crippen LogP contribution in [0.2, 0.25) is 0 Å². The Labute approximate surface area is 352 Å². The first-order chi connectivity index (χ1) is 29.6. The van der Waals surface area contributed by atoms with Crippen LogP contribution in [0.5, 0.6) is 0 Å². The Morgan fingerprint density at radius 2 is 0.833 bits per heavy atom. The van der Waals surface area contributed by atoms with Crippen LogP contribution in [0.4, 0.5) is 17.1 Å². The van der Waals surface area contributed by atoms with Crippen molar-refractivity contribution in [2.45, 2.75) is 19.3 Å². The van der Waals surface area contributed by atoms with Crippen molar-refractivity contribution in [1.82, 2.24) is 0 Å². The standard InChI is InChI=1S/C59H43N/c1-59(2)53-35-11-8-30-52(53)58-51(34-18-36-54(58)59)49-29-10-13-38-56(49)60(44-26-14-25-43(39-44)46-31-15-22-40-21-6-7-27-45(40)46)55-37-12-9-28-48(55)50-33-17-24-42-23-16-32-47(57(42)50)41-19-4-3-5-20-41/h3-39H,1-2H3. The third-order valence-corrected chi connectivity index (χ3v) is 12.7. The zero-order chi connectivity index (χ0) is 40.2. The molecule has 0 radical (unpaired) electrons. The average Bonchev–Trinajstić information content (AvgIpc) is 3.55. The van der Waals surface area contributed by atoms with Gasteiger partial charge in [0.05, 0.1) is 11.4 Å². The maximum Gasteiger partial charge on any atom is 0.0540 e. The highest BCUT2D eigenvalue weighted by molar-refractivity contribution is 6.09. The molecule has 0 aliphatic heterocycles. The van der Waals surface area contributed by atoms with Crippen molar-refractivity contribution in [3.8, 4) is 55.6 Å². The summed E-state index contributed by atoms with van der Waals surface area (Å²) in [7, 11) is 0. The van der Waals surface area contributed by atoms with Gasteiger partial charge in [0, 0.05) is 22.2 Å². The maximum atomic E-state index is 2.51. The van der Waals surface area contributed by atoms with E-state index in [0.717, 1.165) is 17.1 Å². The summed E-state index contributed by atoms with van der Waals surface area (Å²) in [4.78, 5) is 2.51. The molecule has 60 heavy (non-hydrogen) atoms. The molecule has 0 unspecified atom stereocenters. The lowest BCUT2D eigenvalue weighted by atomic mass is 9.82. The molecule has 1 aliphatic carbocycles. The normalized spacial score (nSPS) is 12.6. The molecule has 10 aromatic rings. The fourth-order valence-corrected chi connectivity index (χ4v) is 9.89. The lowest BCUT2D eigenvalue weighted by molar-refractivity contribution is 0.660. The third kappa shape index (κ3) is 5.77. The number of hydrogen-bond acceptors (Lipinski definition) is 1. The maximum absolute atomic E-state index is 2.51. The van der Waals surface area contributed by atoms with E-state index in [1.807, 2.05) is 0 Å². The summed E-state index contributed by atoms with van der Waals surface area (Å²) >= 11 is 0. The van der Waals surface area contributed by atoms with Gasteiger partial charge in [0.1, 0.15) is 0 Å². The molecule has 1 heteroatoms. The summed E-state index contributed by atoms with van der Waals surface area (Å²) in [6.07, 6.45) is 0. The molecule has 11 rings (SSSR count). The Kier molecular flexibility index (Phi) is 8.57. The van der Waals surface area contributed by atoms with Gasteiger partial charge in [-0.1, -0.05) is 214 Å². The summed E-state index contributed by atoms with van der Waals surface area (Å²) in [5.41, 5.74) is 18.2. The predicted molar refractivity (Wildman–Crippen MR) is 255 cm³/mol. The summed E-state index contributed by atoms with van der Waals surface area (Å²) in [5.74, 6) is 0. The molecule has 0 fully saturated rings. The van der Waals surface area contributed by atoms with Crippen LogP contribution in [0.15, 0.2) is 224 Å². The summed E-state index contributed by atoms with van der Waals surface area (Å²) < 4.78 is 0. The van der Waals surface area contributed by atoms with Gasteiger partial charge in [0.15, 0.2) is 0 Å². The molecule has 0 aromatic heterocycles. The lowest BCUT2D eigenvalue weighted by Crippen LogP contribution is -2.15. The zero-order valence-corrected chi connectivity index (χ0v) is 33.8. The minimum absolute atomic E-state index is 0.110. The van der Waals surface area contributed by atoms with Gasteiger partial charge in [0.25, 0.3) is 0 Å². The molecule has 1 aliphatic rings. The molecule has 0 bridgehead atoms. The largest absolute Gasteiger partial charge is 0.309 e. The minimum Gasteiger partial charge on any atom is -0.309 e. The topological polar surface area (TPSA) is 3.24 Å². The first kappa shape index (κ1) is 35.7. The minimum atomic E-state index is -0.110. The van der Waals surface area contributed by atoms with Gasteiger partial charge in [-0.05, 0) is 101 Å². The number of hydrogen-bond donors (Lipinski definition) is 0. The van der Waals surface area contributed by atoms with Gasteiger partial charge in [-0.2, -0.15) is 0 Å². The van der Waals surface area contributed by atoms with Crippen molar-refractivity contribution in [2.24, 2.45) is 0 Å². The smallest absolute Gasteiger partial charge is 0.0540 e. The summed E-state index contributed by atoms with van der Waals surface area (Å²) in [6.45, 7) is 4.73. The van der Waals surface area contributed by atoms with E-state index < -0.39 is 0 Å². The SMILES string of the molecule is CC1(C)c2ccccc2-c2c(-c3ccccc3N(c3cccc(-c4cccc5ccccc45)c3)c3ccccc3-c3cccc4cccc(-c5ccccc5)c34)cccc21. The Morgan fingerprint density at radius 3 is 1.62 bits per heavy atom. The molecule has 0 saturated carbocycles. The molecule has 0 N–H and O–H groups in total. The van der Waals surface area contributed by atoms with Crippen LogP contribution in [0, 0.1) is 0 Å². The van der Waals surface area contributed by atoms with Gasteiger partial charge in [0.2, 0.25) is 0 Å². The van der Waals surface area contributed by atoms with E-state index in [-0.39, 0.29) is 5.41 Å². The quantitative estimate of drug-likeness (QED) is 0.156.